The molecule has 274 valence electrons. The van der Waals surface area contributed by atoms with Crippen LogP contribution in [-0.4, -0.2) is 20.6 Å². The molecule has 6 nitrogen and oxygen atoms in total. The fourth-order valence-electron chi connectivity index (χ4n) is 5.78. The van der Waals surface area contributed by atoms with E-state index in [0.29, 0.717) is 0 Å². The maximum Gasteiger partial charge on any atom is 0.322 e. The third-order valence-electron chi connectivity index (χ3n) is 8.71. The first-order chi connectivity index (χ1) is 25.9. The third kappa shape index (κ3) is 9.67. The highest BCUT2D eigenvalue weighted by Gasteiger charge is 2.26. The topological polar surface area (TPSA) is 59.1 Å². The second-order valence-corrected chi connectivity index (χ2v) is 17.8. The van der Waals surface area contributed by atoms with Gasteiger partial charge in [-0.3, -0.25) is 9.59 Å². The van der Waals surface area contributed by atoms with Crippen LogP contribution < -0.4 is 9.80 Å². The van der Waals surface area contributed by atoms with Gasteiger partial charge in [0.15, 0.2) is 0 Å². The lowest BCUT2D eigenvalue weighted by Crippen LogP contribution is -2.26. The van der Waals surface area contributed by atoms with Crippen LogP contribution in [0, 0.1) is 0 Å². The van der Waals surface area contributed by atoms with Crippen LogP contribution in [0.25, 0.3) is 11.1 Å². The molecule has 0 unspecified atom stereocenters. The van der Waals surface area contributed by atoms with Crippen LogP contribution in [-0.2, 0) is 32.3 Å². The lowest BCUT2D eigenvalue weighted by Gasteiger charge is -2.26. The lowest BCUT2D eigenvalue weighted by molar-refractivity contribution is -0.147. The van der Waals surface area contributed by atoms with Gasteiger partial charge < -0.3 is 19.3 Å². The highest BCUT2D eigenvalue weighted by Crippen LogP contribution is 2.38. The van der Waals surface area contributed by atoms with Gasteiger partial charge >= 0.3 is 11.9 Å². The molecule has 0 spiro atoms. The summed E-state index contributed by atoms with van der Waals surface area (Å²) < 4.78 is 9.53. The summed E-state index contributed by atoms with van der Waals surface area (Å²) in [6.07, 6.45) is 0. The molecule has 0 bridgehead atoms. The number of hydrogen-bond acceptors (Lipinski definition) is 6. The van der Waals surface area contributed by atoms with Crippen LogP contribution in [0.1, 0.15) is 38.8 Å². The van der Waals surface area contributed by atoms with Gasteiger partial charge in [-0.1, -0.05) is 117 Å². The maximum absolute atomic E-state index is 12.3. The van der Waals surface area contributed by atoms with Crippen molar-refractivity contribution >= 4 is 77.9 Å². The first-order valence-corrected chi connectivity index (χ1v) is 19.3. The van der Waals surface area contributed by atoms with Gasteiger partial charge in [0.1, 0.15) is 21.9 Å². The second-order valence-electron chi connectivity index (χ2n) is 13.9. The smallest absolute Gasteiger partial charge is 0.322 e. The Morgan fingerprint density at radius 3 is 0.963 bits per heavy atom. The molecule has 6 rings (SSSR count). The molecule has 6 aromatic rings. The van der Waals surface area contributed by atoms with E-state index in [4.69, 9.17) is 9.47 Å². The van der Waals surface area contributed by atoms with Crippen molar-refractivity contribution in [1.29, 1.82) is 0 Å². The third-order valence-corrected chi connectivity index (χ3v) is 9.36. The quantitative estimate of drug-likeness (QED) is 0.0852. The zero-order chi connectivity index (χ0) is 38.3. The fraction of sp³-hybridized carbons (Fsp3) is 0.174. The summed E-state index contributed by atoms with van der Waals surface area (Å²) in [5, 5.41) is 0. The van der Waals surface area contributed by atoms with Gasteiger partial charge in [0, 0.05) is 34.1 Å². The predicted octanol–water partition coefficient (Wildman–Crippen LogP) is 12.7. The summed E-state index contributed by atoms with van der Waals surface area (Å²) in [5.74, 6) is -0.605. The number of halogens is 2. The van der Waals surface area contributed by atoms with E-state index in [1.807, 2.05) is 84.9 Å². The Labute approximate surface area is 334 Å². The summed E-state index contributed by atoms with van der Waals surface area (Å²) in [5.41, 5.74) is 10.1. The number of nitrogens with zero attached hydrogens (tertiary/aromatic N) is 2. The molecule has 0 aliphatic rings. The Balaban J connectivity index is 1.22. The van der Waals surface area contributed by atoms with Gasteiger partial charge in [0.2, 0.25) is 0 Å². The van der Waals surface area contributed by atoms with Crippen molar-refractivity contribution in [3.8, 4) is 11.1 Å². The number of carbonyl (C=O) groups is 2. The fourth-order valence-corrected chi connectivity index (χ4v) is 6.01. The first-order valence-electron chi connectivity index (χ1n) is 17.7. The molecule has 54 heavy (non-hydrogen) atoms. The minimum absolute atomic E-state index is 0.206. The molecule has 8 heteroatoms. The Bertz CT molecular complexity index is 1990. The van der Waals surface area contributed by atoms with Crippen molar-refractivity contribution in [1.82, 2.24) is 0 Å². The van der Waals surface area contributed by atoms with Gasteiger partial charge in [-0.15, -0.1) is 0 Å². The van der Waals surface area contributed by atoms with Crippen LogP contribution in [0.2, 0.25) is 0 Å². The number of hydrogen-bond donors (Lipinski definition) is 0. The van der Waals surface area contributed by atoms with Gasteiger partial charge in [-0.2, -0.15) is 0 Å². The van der Waals surface area contributed by atoms with Crippen molar-refractivity contribution in [2.75, 3.05) is 9.80 Å². The summed E-state index contributed by atoms with van der Waals surface area (Å²) in [7, 11) is 0. The van der Waals surface area contributed by atoms with E-state index in [1.165, 1.54) is 0 Å². The first kappa shape index (κ1) is 38.5. The molecule has 0 aromatic heterocycles. The summed E-state index contributed by atoms with van der Waals surface area (Å²) in [6, 6.07) is 53.8. The van der Waals surface area contributed by atoms with E-state index in [-0.39, 0.29) is 25.2 Å². The second kappa shape index (κ2) is 16.9. The van der Waals surface area contributed by atoms with Gasteiger partial charge in [-0.25, -0.2) is 0 Å². The lowest BCUT2D eigenvalue weighted by atomic mass is 10.0. The number of esters is 2. The van der Waals surface area contributed by atoms with E-state index in [9.17, 15) is 9.59 Å². The molecular weight excluding hydrogens is 804 g/mol. The molecule has 0 saturated carbocycles. The Morgan fingerprint density at radius 1 is 0.426 bits per heavy atom. The number of carbonyl (C=O) groups excluding carboxylic acids is 2. The van der Waals surface area contributed by atoms with Gasteiger partial charge in [0.05, 0.1) is 0 Å². The van der Waals surface area contributed by atoms with Gasteiger partial charge in [0.25, 0.3) is 0 Å². The normalized spacial score (nSPS) is 11.4. The average Bonchev–Trinajstić information content (AvgIpc) is 3.18. The molecule has 0 saturated heterocycles. The largest absolute Gasteiger partial charge is 0.460 e. The molecule has 0 heterocycles. The van der Waals surface area contributed by atoms with Crippen LogP contribution in [0.5, 0.6) is 0 Å². The van der Waals surface area contributed by atoms with E-state index in [0.717, 1.165) is 56.4 Å². The van der Waals surface area contributed by atoms with Crippen molar-refractivity contribution in [3.05, 3.63) is 169 Å². The van der Waals surface area contributed by atoms with Crippen molar-refractivity contribution < 1.29 is 19.1 Å². The Kier molecular flexibility index (Phi) is 12.0. The number of alkyl halides is 2. The van der Waals surface area contributed by atoms with E-state index < -0.39 is 8.65 Å². The molecule has 0 amide bonds. The van der Waals surface area contributed by atoms with Crippen LogP contribution in [0.4, 0.5) is 34.1 Å². The van der Waals surface area contributed by atoms with Crippen molar-refractivity contribution in [2.24, 2.45) is 0 Å². The molecule has 0 radical (unpaired) electrons. The molecule has 0 aliphatic carbocycles. The number of anilines is 6. The van der Waals surface area contributed by atoms with E-state index >= 15 is 0 Å². The molecule has 0 N–H and O–H groups in total. The molecule has 6 aromatic carbocycles. The summed E-state index contributed by atoms with van der Waals surface area (Å²) in [6.45, 7) is 7.50. The number of para-hydroxylation sites is 2. The van der Waals surface area contributed by atoms with Crippen molar-refractivity contribution in [3.63, 3.8) is 0 Å². The predicted molar refractivity (Wildman–Crippen MR) is 227 cm³/mol. The summed E-state index contributed by atoms with van der Waals surface area (Å²) >= 11 is 6.73. The zero-order valence-corrected chi connectivity index (χ0v) is 33.9. The maximum atomic E-state index is 12.3. The molecule has 0 atom stereocenters. The highest BCUT2D eigenvalue weighted by atomic mass is 79.9. The Hall–Kier alpha value is -5.18. The molecule has 0 aliphatic heterocycles. The molecular formula is C46H42Br2N2O4. The average molecular weight is 847 g/mol. The highest BCUT2D eigenvalue weighted by molar-refractivity contribution is 9.10. The summed E-state index contributed by atoms with van der Waals surface area (Å²) in [4.78, 5) is 28.9. The van der Waals surface area contributed by atoms with Crippen LogP contribution >= 0.6 is 31.9 Å². The van der Waals surface area contributed by atoms with E-state index in [2.05, 4.69) is 114 Å². The number of rotatable bonds is 13. The van der Waals surface area contributed by atoms with E-state index in [1.54, 1.807) is 27.7 Å². The standard InChI is InChI=1S/C46H42Br2N2O4/c1-45(2,47)43(51)53-31-33-15-23-39(24-16-33)49(37-11-7-5-8-12-37)41-27-19-35(20-28-41)36-21-29-42(30-22-36)50(38-13-9-6-10-14-38)40-25-17-34(18-26-40)32-54-44(52)46(3,4)48/h5-30H,31-32H2,1-4H3. The Morgan fingerprint density at radius 2 is 0.685 bits per heavy atom. The zero-order valence-electron chi connectivity index (χ0n) is 30.7. The van der Waals surface area contributed by atoms with Crippen molar-refractivity contribution in [2.45, 2.75) is 49.6 Å². The van der Waals surface area contributed by atoms with Crippen LogP contribution in [0.3, 0.4) is 0 Å². The van der Waals surface area contributed by atoms with Gasteiger partial charge in [-0.05, 0) is 123 Å². The van der Waals surface area contributed by atoms with Crippen LogP contribution in [0.15, 0.2) is 158 Å². The number of ether oxygens (including phenoxy) is 2. The number of benzene rings is 6. The minimum Gasteiger partial charge on any atom is -0.460 e. The monoisotopic (exact) mass is 844 g/mol. The minimum atomic E-state index is -0.729. The SMILES string of the molecule is CC(C)(Br)C(=O)OCc1ccc(N(c2ccccc2)c2ccc(-c3ccc(N(c4ccccc4)c4ccc(COC(=O)C(C)(C)Br)cc4)cc3)cc2)cc1. The molecule has 0 fully saturated rings.